The van der Waals surface area contributed by atoms with Gasteiger partial charge in [0.25, 0.3) is 5.91 Å². The Morgan fingerprint density at radius 3 is 2.76 bits per heavy atom. The maximum atomic E-state index is 12.9. The molecule has 3 rings (SSSR count). The lowest BCUT2D eigenvalue weighted by Crippen LogP contribution is -2.53. The van der Waals surface area contributed by atoms with E-state index < -0.39 is 5.54 Å². The van der Waals surface area contributed by atoms with Crippen LogP contribution < -0.4 is 5.32 Å². The van der Waals surface area contributed by atoms with E-state index in [0.29, 0.717) is 6.54 Å². The zero-order valence-corrected chi connectivity index (χ0v) is 12.7. The number of imide groups is 1. The van der Waals surface area contributed by atoms with Gasteiger partial charge in [-0.1, -0.05) is 44.0 Å². The fourth-order valence-electron chi connectivity index (χ4n) is 3.60. The summed E-state index contributed by atoms with van der Waals surface area (Å²) in [6.07, 6.45) is 3.92. The molecule has 0 radical (unpaired) electrons. The van der Waals surface area contributed by atoms with Gasteiger partial charge in [0, 0.05) is 0 Å². The van der Waals surface area contributed by atoms with Gasteiger partial charge in [-0.15, -0.1) is 0 Å². The molecule has 0 bridgehead atoms. The number of rotatable bonds is 2. The van der Waals surface area contributed by atoms with Crippen LogP contribution in [-0.2, 0) is 11.3 Å². The lowest BCUT2D eigenvalue weighted by Gasteiger charge is -2.36. The zero-order chi connectivity index (χ0) is 15.0. The molecule has 4 nitrogen and oxygen atoms in total. The molecule has 0 unspecified atom stereocenters. The van der Waals surface area contributed by atoms with Crippen molar-refractivity contribution in [2.75, 3.05) is 0 Å². The normalized spacial score (nSPS) is 29.0. The minimum Gasteiger partial charge on any atom is -0.323 e. The van der Waals surface area contributed by atoms with Crippen LogP contribution in [-0.4, -0.2) is 22.4 Å². The van der Waals surface area contributed by atoms with E-state index >= 15 is 0 Å². The molecule has 2 aliphatic rings. The molecule has 1 saturated heterocycles. The lowest BCUT2D eigenvalue weighted by atomic mass is 9.73. The van der Waals surface area contributed by atoms with E-state index in [4.69, 9.17) is 0 Å². The highest BCUT2D eigenvalue weighted by Crippen LogP contribution is 2.38. The van der Waals surface area contributed by atoms with Crippen LogP contribution in [0.4, 0.5) is 4.79 Å². The highest BCUT2D eigenvalue weighted by atomic mass is 16.2. The highest BCUT2D eigenvalue weighted by Gasteiger charge is 2.54. The third-order valence-electron chi connectivity index (χ3n) is 5.09. The summed E-state index contributed by atoms with van der Waals surface area (Å²) in [6.45, 7) is 4.45. The number of amides is 3. The fourth-order valence-corrected chi connectivity index (χ4v) is 3.60. The topological polar surface area (TPSA) is 49.4 Å². The smallest absolute Gasteiger partial charge is 0.323 e. The predicted octanol–water partition coefficient (Wildman–Crippen LogP) is 3.00. The number of carbonyl (C=O) groups excluding carboxylic acids is 2. The molecular formula is C17H22N2O2. The van der Waals surface area contributed by atoms with E-state index in [2.05, 4.69) is 12.2 Å². The quantitative estimate of drug-likeness (QED) is 0.850. The van der Waals surface area contributed by atoms with Crippen molar-refractivity contribution in [3.63, 3.8) is 0 Å². The van der Waals surface area contributed by atoms with Crippen LogP contribution in [0.1, 0.15) is 43.7 Å². The van der Waals surface area contributed by atoms with E-state index in [0.717, 1.165) is 36.8 Å². The molecule has 1 spiro atoms. The number of urea groups is 1. The standard InChI is InChI=1S/C17H22N2O2/c1-12-7-3-4-9-14(12)11-19-15(20)17(18-16(19)21)10-6-5-8-13(17)2/h3-4,7,9,13H,5-6,8,10-11H2,1-2H3,(H,18,21)/t13-,17+/m1/s1. The second kappa shape index (κ2) is 5.17. The van der Waals surface area contributed by atoms with Crippen molar-refractivity contribution in [2.45, 2.75) is 51.6 Å². The monoisotopic (exact) mass is 286 g/mol. The first-order valence-corrected chi connectivity index (χ1v) is 7.73. The molecule has 1 aliphatic heterocycles. The average molecular weight is 286 g/mol. The van der Waals surface area contributed by atoms with Crippen LogP contribution in [0, 0.1) is 12.8 Å². The molecule has 1 aromatic rings. The Bertz CT molecular complexity index is 584. The summed E-state index contributed by atoms with van der Waals surface area (Å²) in [7, 11) is 0. The third-order valence-corrected chi connectivity index (χ3v) is 5.09. The van der Waals surface area contributed by atoms with Crippen molar-refractivity contribution >= 4 is 11.9 Å². The Hall–Kier alpha value is -1.84. The second-order valence-electron chi connectivity index (χ2n) is 6.37. The molecule has 1 aromatic carbocycles. The summed E-state index contributed by atoms with van der Waals surface area (Å²) in [5.74, 6) is 0.174. The summed E-state index contributed by atoms with van der Waals surface area (Å²) >= 11 is 0. The van der Waals surface area contributed by atoms with Gasteiger partial charge >= 0.3 is 6.03 Å². The molecule has 2 atom stereocenters. The number of hydrogen-bond donors (Lipinski definition) is 1. The van der Waals surface area contributed by atoms with Crippen molar-refractivity contribution < 1.29 is 9.59 Å². The largest absolute Gasteiger partial charge is 0.325 e. The molecule has 0 aromatic heterocycles. The molecule has 1 aliphatic carbocycles. The Morgan fingerprint density at radius 2 is 2.05 bits per heavy atom. The predicted molar refractivity (Wildman–Crippen MR) is 80.6 cm³/mol. The SMILES string of the molecule is Cc1ccccc1CN1C(=O)N[C@]2(CCCC[C@H]2C)C1=O. The molecule has 1 heterocycles. The molecule has 3 amide bonds. The van der Waals surface area contributed by atoms with Gasteiger partial charge in [0.1, 0.15) is 5.54 Å². The van der Waals surface area contributed by atoms with Gasteiger partial charge in [-0.3, -0.25) is 9.69 Å². The number of benzene rings is 1. The first-order chi connectivity index (χ1) is 10.0. The Labute approximate surface area is 125 Å². The molecule has 1 N–H and O–H groups in total. The van der Waals surface area contributed by atoms with Crippen LogP contribution in [0.25, 0.3) is 0 Å². The van der Waals surface area contributed by atoms with Gasteiger partial charge in [0.2, 0.25) is 0 Å². The fraction of sp³-hybridized carbons (Fsp3) is 0.529. The molecule has 2 fully saturated rings. The van der Waals surface area contributed by atoms with Gasteiger partial charge < -0.3 is 5.32 Å². The van der Waals surface area contributed by atoms with E-state index in [-0.39, 0.29) is 17.9 Å². The molecule has 1 saturated carbocycles. The zero-order valence-electron chi connectivity index (χ0n) is 12.7. The van der Waals surface area contributed by atoms with Gasteiger partial charge in [-0.25, -0.2) is 4.79 Å². The van der Waals surface area contributed by atoms with Crippen molar-refractivity contribution in [3.05, 3.63) is 35.4 Å². The van der Waals surface area contributed by atoms with Gasteiger partial charge in [0.05, 0.1) is 6.54 Å². The number of nitrogens with one attached hydrogen (secondary N) is 1. The average Bonchev–Trinajstić information content (AvgIpc) is 2.70. The maximum absolute atomic E-state index is 12.9. The van der Waals surface area contributed by atoms with E-state index in [9.17, 15) is 9.59 Å². The van der Waals surface area contributed by atoms with E-state index in [1.165, 1.54) is 4.90 Å². The first kappa shape index (κ1) is 14.1. The Kier molecular flexibility index (Phi) is 3.47. The molecule has 112 valence electrons. The van der Waals surface area contributed by atoms with Crippen molar-refractivity contribution in [3.8, 4) is 0 Å². The third kappa shape index (κ3) is 2.23. The van der Waals surface area contributed by atoms with Crippen molar-refractivity contribution in [1.82, 2.24) is 10.2 Å². The summed E-state index contributed by atoms with van der Waals surface area (Å²) in [6, 6.07) is 7.66. The number of hydrogen-bond acceptors (Lipinski definition) is 2. The van der Waals surface area contributed by atoms with E-state index in [1.807, 2.05) is 31.2 Å². The van der Waals surface area contributed by atoms with Gasteiger partial charge in [-0.05, 0) is 36.8 Å². The van der Waals surface area contributed by atoms with Gasteiger partial charge in [-0.2, -0.15) is 0 Å². The summed E-state index contributed by atoms with van der Waals surface area (Å²) < 4.78 is 0. The summed E-state index contributed by atoms with van der Waals surface area (Å²) in [4.78, 5) is 26.6. The number of carbonyl (C=O) groups is 2. The maximum Gasteiger partial charge on any atom is 0.325 e. The van der Waals surface area contributed by atoms with Crippen molar-refractivity contribution in [2.24, 2.45) is 5.92 Å². The lowest BCUT2D eigenvalue weighted by molar-refractivity contribution is -0.134. The van der Waals surface area contributed by atoms with Crippen LogP contribution >= 0.6 is 0 Å². The van der Waals surface area contributed by atoms with Crippen LogP contribution in [0.15, 0.2) is 24.3 Å². The summed E-state index contributed by atoms with van der Waals surface area (Å²) in [5.41, 5.74) is 1.48. The molecular weight excluding hydrogens is 264 g/mol. The highest BCUT2D eigenvalue weighted by molar-refractivity contribution is 6.07. The van der Waals surface area contributed by atoms with Gasteiger partial charge in [0.15, 0.2) is 0 Å². The number of nitrogens with zero attached hydrogens (tertiary/aromatic N) is 1. The molecule has 21 heavy (non-hydrogen) atoms. The minimum absolute atomic E-state index is 0.0389. The second-order valence-corrected chi connectivity index (χ2v) is 6.37. The summed E-state index contributed by atoms with van der Waals surface area (Å²) in [5, 5.41) is 3.00. The van der Waals surface area contributed by atoms with Crippen molar-refractivity contribution in [1.29, 1.82) is 0 Å². The Balaban J connectivity index is 1.86. The van der Waals surface area contributed by atoms with Crippen LogP contribution in [0.5, 0.6) is 0 Å². The molecule has 4 heteroatoms. The van der Waals surface area contributed by atoms with E-state index in [1.54, 1.807) is 0 Å². The van der Waals surface area contributed by atoms with Crippen LogP contribution in [0.2, 0.25) is 0 Å². The minimum atomic E-state index is -0.655. The van der Waals surface area contributed by atoms with Crippen LogP contribution in [0.3, 0.4) is 0 Å². The Morgan fingerprint density at radius 1 is 1.29 bits per heavy atom. The first-order valence-electron chi connectivity index (χ1n) is 7.73. The number of aryl methyl sites for hydroxylation is 1.